The Bertz CT molecular complexity index is 799. The summed E-state index contributed by atoms with van der Waals surface area (Å²) in [5.41, 5.74) is 2.73. The van der Waals surface area contributed by atoms with Gasteiger partial charge < -0.3 is 16.9 Å². The van der Waals surface area contributed by atoms with Crippen molar-refractivity contribution in [2.45, 2.75) is 143 Å². The van der Waals surface area contributed by atoms with Crippen molar-refractivity contribution >= 4 is 48.5 Å². The minimum absolute atomic E-state index is 0.420. The van der Waals surface area contributed by atoms with Gasteiger partial charge in [-0.2, -0.15) is 0 Å². The van der Waals surface area contributed by atoms with E-state index in [1.165, 1.54) is 11.1 Å². The Kier molecular flexibility index (Phi) is 15.5. The van der Waals surface area contributed by atoms with Crippen LogP contribution in [0.4, 0.5) is 0 Å². The van der Waals surface area contributed by atoms with Crippen molar-refractivity contribution in [2.75, 3.05) is 0 Å². The molecule has 0 aliphatic carbocycles. The summed E-state index contributed by atoms with van der Waals surface area (Å²) in [6.07, 6.45) is 9.66. The van der Waals surface area contributed by atoms with Crippen molar-refractivity contribution in [2.24, 2.45) is 0 Å². The molecule has 0 heterocycles. The predicted molar refractivity (Wildman–Crippen MR) is 178 cm³/mol. The van der Waals surface area contributed by atoms with Gasteiger partial charge in [0.25, 0.3) is 0 Å². The highest BCUT2D eigenvalue weighted by molar-refractivity contribution is 7.75. The molecule has 6 nitrogen and oxygen atoms in total. The molecule has 0 aliphatic rings. The monoisotopic (exact) mass is 642 g/mol. The van der Waals surface area contributed by atoms with E-state index in [-0.39, 0.29) is 0 Å². The highest BCUT2D eigenvalue weighted by Gasteiger charge is 2.55. The Balaban J connectivity index is 6.29. The summed E-state index contributed by atoms with van der Waals surface area (Å²) in [5.74, 6) is 0. The highest BCUT2D eigenvalue weighted by Crippen LogP contribution is 2.74. The fraction of sp³-hybridized carbons (Fsp3) is 0.846. The van der Waals surface area contributed by atoms with Gasteiger partial charge in [-0.3, -0.25) is 9.13 Å². The van der Waals surface area contributed by atoms with E-state index in [2.05, 4.69) is 32.9 Å². The van der Waals surface area contributed by atoms with Crippen LogP contribution in [-0.4, -0.2) is 38.7 Å². The molecule has 0 amide bonds. The van der Waals surface area contributed by atoms with Gasteiger partial charge in [-0.15, -0.1) is 0 Å². The zero-order valence-corrected chi connectivity index (χ0v) is 33.1. The van der Waals surface area contributed by atoms with E-state index in [4.69, 9.17) is 16.9 Å². The lowest BCUT2D eigenvalue weighted by molar-refractivity contribution is 0.345. The Morgan fingerprint density at radius 3 is 1.29 bits per heavy atom. The van der Waals surface area contributed by atoms with Crippen molar-refractivity contribution < 1.29 is 26.0 Å². The first-order chi connectivity index (χ1) is 16.8. The quantitative estimate of drug-likeness (QED) is 0.0641. The molecule has 0 bridgehead atoms. The van der Waals surface area contributed by atoms with Crippen LogP contribution in [0.5, 0.6) is 0 Å². The summed E-state index contributed by atoms with van der Waals surface area (Å²) in [7, 11) is -17.0. The van der Waals surface area contributed by atoms with Gasteiger partial charge in [0.1, 0.15) is 0 Å². The van der Waals surface area contributed by atoms with Crippen LogP contribution in [0.3, 0.4) is 0 Å². The summed E-state index contributed by atoms with van der Waals surface area (Å²) in [6, 6.07) is 0. The zero-order chi connectivity index (χ0) is 30.2. The molecule has 0 rings (SSSR count). The van der Waals surface area contributed by atoms with Gasteiger partial charge in [0.2, 0.25) is 0 Å². The van der Waals surface area contributed by atoms with Gasteiger partial charge in [-0.25, -0.2) is 0 Å². The first kappa shape index (κ1) is 38.6. The molecule has 0 atom stereocenters. The zero-order valence-electron chi connectivity index (χ0n) is 27.3. The average molecular weight is 643 g/mol. The topological polar surface area (TPSA) is 71.1 Å². The Hall–Kier alpha value is 0.648. The van der Waals surface area contributed by atoms with Crippen LogP contribution in [0.1, 0.15) is 59.3 Å². The summed E-state index contributed by atoms with van der Waals surface area (Å²) >= 11 is 0. The largest absolute Gasteiger partial charge is 0.351 e. The lowest BCUT2D eigenvalue weighted by atomic mass is 10.1. The van der Waals surface area contributed by atoms with Crippen LogP contribution in [0.25, 0.3) is 0 Å². The van der Waals surface area contributed by atoms with E-state index in [0.717, 1.165) is 32.1 Å². The van der Waals surface area contributed by atoms with E-state index in [9.17, 15) is 9.13 Å². The fourth-order valence-corrected chi connectivity index (χ4v) is 23.0. The molecule has 0 aromatic carbocycles. The van der Waals surface area contributed by atoms with E-state index < -0.39 is 53.9 Å². The Morgan fingerprint density at radius 1 is 0.605 bits per heavy atom. The number of unbranched alkanes of at least 4 members (excludes halogenated alkanes) is 2. The second-order valence-corrected chi connectivity index (χ2v) is 38.2. The molecule has 0 aromatic heterocycles. The molecule has 0 radical (unpaired) electrons. The maximum absolute atomic E-state index is 14.8. The Labute approximate surface area is 240 Å². The van der Waals surface area contributed by atoms with E-state index in [0.29, 0.717) is 6.42 Å². The molecule has 0 unspecified atom stereocenters. The first-order valence-corrected chi connectivity index (χ1v) is 30.9. The molecule has 12 heteroatoms. The third kappa shape index (κ3) is 18.2. The van der Waals surface area contributed by atoms with E-state index >= 15 is 0 Å². The summed E-state index contributed by atoms with van der Waals surface area (Å²) < 4.78 is 55.2. The lowest BCUT2D eigenvalue weighted by Crippen LogP contribution is -2.37. The minimum Gasteiger partial charge on any atom is -0.351 e. The molecule has 226 valence electrons. The van der Waals surface area contributed by atoms with Crippen molar-refractivity contribution in [3.63, 3.8) is 0 Å². The molecule has 0 saturated carbocycles. The van der Waals surface area contributed by atoms with Crippen molar-refractivity contribution in [1.29, 1.82) is 0 Å². The second-order valence-electron chi connectivity index (χ2n) is 14.5. The molecule has 0 fully saturated rings. The van der Waals surface area contributed by atoms with E-state index in [1.807, 2.05) is 78.6 Å². The molecule has 0 spiro atoms. The lowest BCUT2D eigenvalue weighted by Gasteiger charge is -2.41. The van der Waals surface area contributed by atoms with E-state index in [1.54, 1.807) is 0 Å². The highest BCUT2D eigenvalue weighted by atomic mass is 31.2. The molecule has 0 saturated heterocycles. The molecular formula is C26H60O6P2Si4. The summed E-state index contributed by atoms with van der Waals surface area (Å²) in [5, 5.41) is -0.922. The van der Waals surface area contributed by atoms with Gasteiger partial charge in [0.05, 0.1) is 0 Å². The maximum atomic E-state index is 14.8. The maximum Gasteiger partial charge on any atom is 0.326 e. The summed E-state index contributed by atoms with van der Waals surface area (Å²) in [4.78, 5) is 0. The minimum atomic E-state index is -3.83. The third-order valence-corrected chi connectivity index (χ3v) is 21.3. The standard InChI is InChI=1S/C26H60O6P2Si4/c1-24(2)20-19-22-25(3)21-17-16-18-23-26(33(27,29-35(4,5)6)30-36(7,8)9)34(28,31-37(10,11)12)32-38(13,14)15/h20-21,26H,16-19,22-23H2,1-15H3/b25-21+. The van der Waals surface area contributed by atoms with Crippen LogP contribution in [-0.2, 0) is 26.0 Å². The molecule has 38 heavy (non-hydrogen) atoms. The van der Waals surface area contributed by atoms with Crippen LogP contribution < -0.4 is 0 Å². The van der Waals surface area contributed by atoms with Crippen LogP contribution >= 0.6 is 15.2 Å². The Morgan fingerprint density at radius 2 is 0.974 bits per heavy atom. The van der Waals surface area contributed by atoms with Gasteiger partial charge in [-0.05, 0) is 131 Å². The normalized spacial score (nSPS) is 14.8. The van der Waals surface area contributed by atoms with Crippen molar-refractivity contribution in [3.8, 4) is 0 Å². The number of hydrogen-bond acceptors (Lipinski definition) is 6. The third-order valence-electron chi connectivity index (χ3n) is 4.83. The van der Waals surface area contributed by atoms with Crippen LogP contribution in [0.2, 0.25) is 78.6 Å². The molecule has 0 N–H and O–H groups in total. The number of hydrogen-bond donors (Lipinski definition) is 0. The summed E-state index contributed by atoms with van der Waals surface area (Å²) in [6.45, 7) is 30.4. The van der Waals surface area contributed by atoms with Gasteiger partial charge in [0, 0.05) is 0 Å². The molecule has 0 aliphatic heterocycles. The van der Waals surface area contributed by atoms with Crippen LogP contribution in [0, 0.1) is 0 Å². The first-order valence-electron chi connectivity index (χ1n) is 14.1. The van der Waals surface area contributed by atoms with Crippen molar-refractivity contribution in [1.82, 2.24) is 0 Å². The SMILES string of the molecule is CC(C)=CCC/C(C)=C/CCCCC(P(=O)(O[Si](C)(C)C)O[Si](C)(C)C)P(=O)(O[Si](C)(C)C)O[Si](C)(C)C. The van der Waals surface area contributed by atoms with Gasteiger partial charge in [-0.1, -0.05) is 29.7 Å². The second kappa shape index (κ2) is 15.2. The van der Waals surface area contributed by atoms with Gasteiger partial charge in [0.15, 0.2) is 38.7 Å². The average Bonchev–Trinajstić information content (AvgIpc) is 2.57. The van der Waals surface area contributed by atoms with Crippen molar-refractivity contribution in [3.05, 3.63) is 23.3 Å². The van der Waals surface area contributed by atoms with Gasteiger partial charge >= 0.3 is 15.2 Å². The number of allylic oxidation sites excluding steroid dienone is 4. The smallest absolute Gasteiger partial charge is 0.326 e. The predicted octanol–water partition coefficient (Wildman–Crippen LogP) is 11.4. The van der Waals surface area contributed by atoms with Crippen LogP contribution in [0.15, 0.2) is 23.3 Å². The number of rotatable bonds is 18. The molecular weight excluding hydrogens is 583 g/mol. The molecule has 0 aromatic rings. The fourth-order valence-electron chi connectivity index (χ4n) is 3.81.